The van der Waals surface area contributed by atoms with E-state index >= 15 is 0 Å². The summed E-state index contributed by atoms with van der Waals surface area (Å²) in [5.41, 5.74) is 1.22. The number of para-hydroxylation sites is 1. The van der Waals surface area contributed by atoms with E-state index in [1.807, 2.05) is 30.3 Å². The van der Waals surface area contributed by atoms with E-state index in [0.29, 0.717) is 11.3 Å². The van der Waals surface area contributed by atoms with Crippen molar-refractivity contribution < 1.29 is 18.1 Å². The van der Waals surface area contributed by atoms with Crippen LogP contribution in [0.5, 0.6) is 5.75 Å². The molecule has 0 saturated carbocycles. The van der Waals surface area contributed by atoms with Crippen LogP contribution in [0, 0.1) is 5.82 Å². The number of methoxy groups -OCH3 is 1. The predicted molar refractivity (Wildman–Crippen MR) is 94.1 cm³/mol. The number of amides is 1. The molecule has 0 saturated heterocycles. The first-order valence-electron chi connectivity index (χ1n) is 7.46. The number of rotatable bonds is 6. The summed E-state index contributed by atoms with van der Waals surface area (Å²) in [4.78, 5) is 14.0. The molecule has 0 unspecified atom stereocenters. The molecule has 2 rings (SSSR count). The van der Waals surface area contributed by atoms with Crippen LogP contribution in [0.4, 0.5) is 10.1 Å². The van der Waals surface area contributed by atoms with Crippen molar-refractivity contribution in [1.82, 2.24) is 0 Å². The van der Waals surface area contributed by atoms with Crippen molar-refractivity contribution in [1.29, 1.82) is 0 Å². The van der Waals surface area contributed by atoms with E-state index in [1.54, 1.807) is 14.0 Å². The number of hydrogen-bond acceptors (Lipinski definition) is 3. The molecule has 4 nitrogen and oxygen atoms in total. The van der Waals surface area contributed by atoms with Gasteiger partial charge in [-0.3, -0.25) is 9.00 Å². The van der Waals surface area contributed by atoms with Gasteiger partial charge in [0.2, 0.25) is 5.91 Å². The number of hydrogen-bond donors (Lipinski definition) is 0. The van der Waals surface area contributed by atoms with Gasteiger partial charge in [-0.2, -0.15) is 0 Å². The molecule has 2 aromatic carbocycles. The number of ether oxygens (including phenoxy) is 1. The standard InChI is InChI=1S/C18H20FNO3S/c1-13(18(21)20(2)16-7-5-4-6-8-16)24(22)12-14-11-15(19)9-10-17(14)23-3/h4-11,13H,12H2,1-3H3/t13-,24-/m0/s1. The fourth-order valence-corrected chi connectivity index (χ4v) is 3.47. The van der Waals surface area contributed by atoms with Gasteiger partial charge in [0.25, 0.3) is 0 Å². The quantitative estimate of drug-likeness (QED) is 0.805. The summed E-state index contributed by atoms with van der Waals surface area (Å²) in [5, 5.41) is -0.719. The molecule has 0 fully saturated rings. The smallest absolute Gasteiger partial charge is 0.242 e. The molecule has 0 aliphatic rings. The first kappa shape index (κ1) is 18.1. The van der Waals surface area contributed by atoms with Crippen molar-refractivity contribution in [2.75, 3.05) is 19.1 Å². The minimum absolute atomic E-state index is 0.0521. The van der Waals surface area contributed by atoms with Crippen LogP contribution in [0.3, 0.4) is 0 Å². The summed E-state index contributed by atoms with van der Waals surface area (Å²) >= 11 is 0. The Hall–Kier alpha value is -2.21. The molecule has 0 aliphatic heterocycles. The summed E-state index contributed by atoms with van der Waals surface area (Å²) in [6, 6.07) is 13.2. The SMILES string of the molecule is COc1ccc(F)cc1C[S@](=O)[C@@H](C)C(=O)N(C)c1ccccc1. The van der Waals surface area contributed by atoms with Gasteiger partial charge < -0.3 is 9.64 Å². The number of benzene rings is 2. The van der Waals surface area contributed by atoms with E-state index in [0.717, 1.165) is 5.69 Å². The maximum absolute atomic E-state index is 13.4. The highest BCUT2D eigenvalue weighted by molar-refractivity contribution is 7.85. The van der Waals surface area contributed by atoms with Crippen molar-refractivity contribution >= 4 is 22.4 Å². The highest BCUT2D eigenvalue weighted by Gasteiger charge is 2.25. The van der Waals surface area contributed by atoms with Gasteiger partial charge in [0.05, 0.1) is 12.9 Å². The van der Waals surface area contributed by atoms with Gasteiger partial charge in [0, 0.05) is 29.1 Å². The van der Waals surface area contributed by atoms with Crippen molar-refractivity contribution in [3.63, 3.8) is 0 Å². The highest BCUT2D eigenvalue weighted by atomic mass is 32.2. The lowest BCUT2D eigenvalue weighted by molar-refractivity contribution is -0.117. The van der Waals surface area contributed by atoms with Gasteiger partial charge in [-0.1, -0.05) is 18.2 Å². The molecule has 0 N–H and O–H groups in total. The van der Waals surface area contributed by atoms with E-state index in [4.69, 9.17) is 4.74 Å². The zero-order valence-corrected chi connectivity index (χ0v) is 14.7. The first-order chi connectivity index (χ1) is 11.4. The van der Waals surface area contributed by atoms with Gasteiger partial charge in [-0.25, -0.2) is 4.39 Å². The van der Waals surface area contributed by atoms with Crippen molar-refractivity contribution in [3.8, 4) is 5.75 Å². The Morgan fingerprint density at radius 2 is 1.92 bits per heavy atom. The van der Waals surface area contributed by atoms with Gasteiger partial charge >= 0.3 is 0 Å². The lowest BCUT2D eigenvalue weighted by atomic mass is 10.2. The average molecular weight is 349 g/mol. The van der Waals surface area contributed by atoms with E-state index < -0.39 is 21.9 Å². The third-order valence-electron chi connectivity index (χ3n) is 3.76. The van der Waals surface area contributed by atoms with Crippen LogP contribution >= 0.6 is 0 Å². The summed E-state index contributed by atoms with van der Waals surface area (Å²) in [6.45, 7) is 1.61. The van der Waals surface area contributed by atoms with Crippen LogP contribution in [0.15, 0.2) is 48.5 Å². The second-order valence-electron chi connectivity index (χ2n) is 5.36. The fourth-order valence-electron chi connectivity index (χ4n) is 2.30. The van der Waals surface area contributed by atoms with Gasteiger partial charge in [0.15, 0.2) is 0 Å². The minimum atomic E-state index is -1.50. The molecule has 128 valence electrons. The Morgan fingerprint density at radius 1 is 1.25 bits per heavy atom. The molecule has 0 bridgehead atoms. The van der Waals surface area contributed by atoms with Gasteiger partial charge in [-0.05, 0) is 37.3 Å². The Balaban J connectivity index is 2.12. The molecule has 24 heavy (non-hydrogen) atoms. The molecule has 6 heteroatoms. The van der Waals surface area contributed by atoms with Crippen LogP contribution in [-0.2, 0) is 21.3 Å². The fraction of sp³-hybridized carbons (Fsp3) is 0.278. The number of anilines is 1. The second kappa shape index (κ2) is 8.06. The molecule has 0 radical (unpaired) electrons. The molecular weight excluding hydrogens is 329 g/mol. The van der Waals surface area contributed by atoms with Crippen LogP contribution in [0.25, 0.3) is 0 Å². The molecular formula is C18H20FNO3S. The lowest BCUT2D eigenvalue weighted by Crippen LogP contribution is -2.37. The van der Waals surface area contributed by atoms with E-state index in [1.165, 1.54) is 30.2 Å². The normalized spacial score (nSPS) is 13.2. The Bertz CT molecular complexity index is 736. The van der Waals surface area contributed by atoms with E-state index in [-0.39, 0.29) is 11.7 Å². The third-order valence-corrected chi connectivity index (χ3v) is 5.34. The van der Waals surface area contributed by atoms with Gasteiger partial charge in [-0.15, -0.1) is 0 Å². The number of carbonyl (C=O) groups is 1. The lowest BCUT2D eigenvalue weighted by Gasteiger charge is -2.21. The molecule has 0 aromatic heterocycles. The Morgan fingerprint density at radius 3 is 2.54 bits per heavy atom. The zero-order chi connectivity index (χ0) is 17.7. The van der Waals surface area contributed by atoms with E-state index in [2.05, 4.69) is 0 Å². The van der Waals surface area contributed by atoms with Crippen LogP contribution in [0.1, 0.15) is 12.5 Å². The molecule has 0 spiro atoms. The maximum Gasteiger partial charge on any atom is 0.242 e. The molecule has 0 aliphatic carbocycles. The van der Waals surface area contributed by atoms with E-state index in [9.17, 15) is 13.4 Å². The van der Waals surface area contributed by atoms with Crippen molar-refractivity contribution in [2.45, 2.75) is 17.9 Å². The summed E-state index contributed by atoms with van der Waals surface area (Å²) in [5.74, 6) is -0.171. The maximum atomic E-state index is 13.4. The van der Waals surface area contributed by atoms with Gasteiger partial charge in [0.1, 0.15) is 16.8 Å². The Labute approximate surface area is 143 Å². The van der Waals surface area contributed by atoms with Crippen LogP contribution < -0.4 is 9.64 Å². The van der Waals surface area contributed by atoms with Crippen molar-refractivity contribution in [2.24, 2.45) is 0 Å². The summed E-state index contributed by atoms with van der Waals surface area (Å²) in [6.07, 6.45) is 0. The third kappa shape index (κ3) is 4.20. The molecule has 1 amide bonds. The molecule has 0 heterocycles. The topological polar surface area (TPSA) is 46.6 Å². The van der Waals surface area contributed by atoms with Crippen molar-refractivity contribution in [3.05, 3.63) is 59.9 Å². The number of nitrogens with zero attached hydrogens (tertiary/aromatic N) is 1. The summed E-state index contributed by atoms with van der Waals surface area (Å²) in [7, 11) is 1.62. The molecule has 2 aromatic rings. The first-order valence-corrected chi connectivity index (χ1v) is 8.84. The predicted octanol–water partition coefficient (Wildman–Crippen LogP) is 3.13. The number of carbonyl (C=O) groups excluding carboxylic acids is 1. The largest absolute Gasteiger partial charge is 0.496 e. The monoisotopic (exact) mass is 349 g/mol. The zero-order valence-electron chi connectivity index (χ0n) is 13.9. The highest BCUT2D eigenvalue weighted by Crippen LogP contribution is 2.22. The second-order valence-corrected chi connectivity index (χ2v) is 7.11. The summed E-state index contributed by atoms with van der Waals surface area (Å²) < 4.78 is 31.1. The van der Waals surface area contributed by atoms with Crippen LogP contribution in [0.2, 0.25) is 0 Å². The minimum Gasteiger partial charge on any atom is -0.496 e. The Kier molecular flexibility index (Phi) is 6.09. The number of halogens is 1. The molecule has 2 atom stereocenters. The average Bonchev–Trinajstić information content (AvgIpc) is 2.60. The van der Waals surface area contributed by atoms with Crippen LogP contribution in [-0.4, -0.2) is 29.5 Å².